The monoisotopic (exact) mass is 366 g/mol. The molecule has 0 spiro atoms. The molecule has 1 aromatic rings. The van der Waals surface area contributed by atoms with Gasteiger partial charge in [-0.3, -0.25) is 14.5 Å². The number of carboxylic acids is 1. The zero-order valence-electron chi connectivity index (χ0n) is 15.5. The van der Waals surface area contributed by atoms with Gasteiger partial charge in [-0.15, -0.1) is 0 Å². The molecule has 8 heteroatoms. The number of ether oxygens (including phenoxy) is 3. The maximum absolute atomic E-state index is 12.0. The van der Waals surface area contributed by atoms with E-state index >= 15 is 0 Å². The molecule has 0 unspecified atom stereocenters. The summed E-state index contributed by atoms with van der Waals surface area (Å²) in [5.74, 6) is 0.775. The third kappa shape index (κ3) is 4.78. The first-order valence-corrected chi connectivity index (χ1v) is 8.50. The average Bonchev–Trinajstić information content (AvgIpc) is 2.66. The number of piperazine rings is 1. The molecular weight excluding hydrogens is 340 g/mol. The van der Waals surface area contributed by atoms with Gasteiger partial charge in [0.1, 0.15) is 0 Å². The van der Waals surface area contributed by atoms with E-state index in [0.717, 1.165) is 18.7 Å². The fourth-order valence-electron chi connectivity index (χ4n) is 3.06. The molecule has 26 heavy (non-hydrogen) atoms. The predicted octanol–water partition coefficient (Wildman–Crippen LogP) is 1.22. The number of carbonyl (C=O) groups is 2. The van der Waals surface area contributed by atoms with E-state index in [9.17, 15) is 9.59 Å². The molecule has 1 heterocycles. The third-order valence-corrected chi connectivity index (χ3v) is 4.46. The summed E-state index contributed by atoms with van der Waals surface area (Å²) < 4.78 is 16.2. The average molecular weight is 366 g/mol. The van der Waals surface area contributed by atoms with Crippen LogP contribution in [0.3, 0.4) is 0 Å². The molecule has 1 saturated heterocycles. The summed E-state index contributed by atoms with van der Waals surface area (Å²) >= 11 is 0. The number of nitrogens with zero attached hydrogens (tertiary/aromatic N) is 2. The van der Waals surface area contributed by atoms with Gasteiger partial charge in [-0.25, -0.2) is 0 Å². The third-order valence-electron chi connectivity index (χ3n) is 4.46. The van der Waals surface area contributed by atoms with Crippen molar-refractivity contribution in [3.05, 3.63) is 17.7 Å². The van der Waals surface area contributed by atoms with Crippen LogP contribution in [0, 0.1) is 0 Å². The quantitative estimate of drug-likeness (QED) is 0.740. The number of aliphatic carboxylic acids is 1. The fraction of sp³-hybridized carbons (Fsp3) is 0.556. The van der Waals surface area contributed by atoms with Gasteiger partial charge in [0.15, 0.2) is 11.5 Å². The van der Waals surface area contributed by atoms with Crippen LogP contribution in [0.1, 0.15) is 18.4 Å². The smallest absolute Gasteiger partial charge is 0.303 e. The number of benzene rings is 1. The molecule has 1 aliphatic rings. The normalized spacial score (nSPS) is 14.8. The van der Waals surface area contributed by atoms with Crippen LogP contribution in [0.4, 0.5) is 0 Å². The van der Waals surface area contributed by atoms with Crippen molar-refractivity contribution in [2.75, 3.05) is 47.5 Å². The Morgan fingerprint density at radius 3 is 2.15 bits per heavy atom. The molecule has 0 bridgehead atoms. The summed E-state index contributed by atoms with van der Waals surface area (Å²) in [4.78, 5) is 26.6. The summed E-state index contributed by atoms with van der Waals surface area (Å²) in [7, 11) is 4.75. The number of amides is 1. The van der Waals surface area contributed by atoms with E-state index < -0.39 is 5.97 Å². The minimum absolute atomic E-state index is 0.0544. The van der Waals surface area contributed by atoms with Crippen LogP contribution < -0.4 is 14.2 Å². The van der Waals surface area contributed by atoms with Crippen LogP contribution in [0.5, 0.6) is 17.2 Å². The maximum atomic E-state index is 12.0. The van der Waals surface area contributed by atoms with Gasteiger partial charge < -0.3 is 24.2 Å². The number of rotatable bonds is 8. The highest BCUT2D eigenvalue weighted by atomic mass is 16.5. The van der Waals surface area contributed by atoms with Crippen LogP contribution in [0.25, 0.3) is 0 Å². The molecule has 1 aliphatic heterocycles. The second-order valence-electron chi connectivity index (χ2n) is 6.04. The standard InChI is InChI=1S/C18H26N2O6/c1-24-14-5-4-13(17(25-2)18(14)26-3)12-19-8-10-20(11-9-19)15(21)6-7-16(22)23/h4-5H,6-12H2,1-3H3,(H,22,23). The largest absolute Gasteiger partial charge is 0.493 e. The van der Waals surface area contributed by atoms with E-state index in [1.54, 1.807) is 26.2 Å². The lowest BCUT2D eigenvalue weighted by atomic mass is 10.1. The van der Waals surface area contributed by atoms with Gasteiger partial charge in [0.25, 0.3) is 0 Å². The van der Waals surface area contributed by atoms with Gasteiger partial charge in [0.05, 0.1) is 27.8 Å². The van der Waals surface area contributed by atoms with Crippen molar-refractivity contribution in [3.8, 4) is 17.2 Å². The maximum Gasteiger partial charge on any atom is 0.303 e. The first-order chi connectivity index (χ1) is 12.5. The number of hydrogen-bond donors (Lipinski definition) is 1. The molecule has 0 radical (unpaired) electrons. The van der Waals surface area contributed by atoms with Gasteiger partial charge in [-0.2, -0.15) is 0 Å². The van der Waals surface area contributed by atoms with Crippen LogP contribution in [0.15, 0.2) is 12.1 Å². The predicted molar refractivity (Wildman–Crippen MR) is 94.8 cm³/mol. The van der Waals surface area contributed by atoms with Gasteiger partial charge >= 0.3 is 5.97 Å². The Bertz CT molecular complexity index is 641. The minimum Gasteiger partial charge on any atom is -0.493 e. The molecule has 0 atom stereocenters. The Morgan fingerprint density at radius 2 is 1.62 bits per heavy atom. The van der Waals surface area contributed by atoms with Gasteiger partial charge in [-0.1, -0.05) is 6.07 Å². The fourth-order valence-corrected chi connectivity index (χ4v) is 3.06. The molecule has 144 valence electrons. The van der Waals surface area contributed by atoms with E-state index in [0.29, 0.717) is 36.9 Å². The summed E-state index contributed by atoms with van der Waals surface area (Å²) in [5.41, 5.74) is 0.982. The topological polar surface area (TPSA) is 88.5 Å². The van der Waals surface area contributed by atoms with Crippen molar-refractivity contribution < 1.29 is 28.9 Å². The van der Waals surface area contributed by atoms with Crippen LogP contribution in [-0.2, 0) is 16.1 Å². The zero-order valence-corrected chi connectivity index (χ0v) is 15.5. The van der Waals surface area contributed by atoms with E-state index in [-0.39, 0.29) is 18.7 Å². The lowest BCUT2D eigenvalue weighted by molar-refractivity contribution is -0.141. The summed E-state index contributed by atoms with van der Waals surface area (Å²) in [6.07, 6.45) is -0.0687. The van der Waals surface area contributed by atoms with E-state index in [1.807, 2.05) is 12.1 Å². The second kappa shape index (κ2) is 9.28. The zero-order chi connectivity index (χ0) is 19.1. The van der Waals surface area contributed by atoms with Crippen molar-refractivity contribution in [2.45, 2.75) is 19.4 Å². The molecular formula is C18H26N2O6. The summed E-state index contributed by atoms with van der Waals surface area (Å²) in [5, 5.41) is 8.69. The molecule has 1 amide bonds. The SMILES string of the molecule is COc1ccc(CN2CCN(C(=O)CCC(=O)O)CC2)c(OC)c1OC. The second-order valence-corrected chi connectivity index (χ2v) is 6.04. The molecule has 0 aromatic heterocycles. The molecule has 0 aliphatic carbocycles. The summed E-state index contributed by atoms with van der Waals surface area (Å²) in [6.45, 7) is 3.29. The first-order valence-electron chi connectivity index (χ1n) is 8.50. The minimum atomic E-state index is -0.947. The van der Waals surface area contributed by atoms with Gasteiger partial charge in [-0.05, 0) is 6.07 Å². The van der Waals surface area contributed by atoms with E-state index in [2.05, 4.69) is 4.90 Å². The van der Waals surface area contributed by atoms with Crippen molar-refractivity contribution in [2.24, 2.45) is 0 Å². The highest BCUT2D eigenvalue weighted by molar-refractivity contribution is 5.80. The Hall–Kier alpha value is -2.48. The van der Waals surface area contributed by atoms with Gasteiger partial charge in [0.2, 0.25) is 11.7 Å². The van der Waals surface area contributed by atoms with Crippen LogP contribution >= 0.6 is 0 Å². The molecule has 8 nitrogen and oxygen atoms in total. The number of hydrogen-bond acceptors (Lipinski definition) is 6. The molecule has 1 N–H and O–H groups in total. The highest BCUT2D eigenvalue weighted by Gasteiger charge is 2.23. The molecule has 1 aromatic carbocycles. The Balaban J connectivity index is 1.97. The van der Waals surface area contributed by atoms with E-state index in [4.69, 9.17) is 19.3 Å². The molecule has 2 rings (SSSR count). The van der Waals surface area contributed by atoms with E-state index in [1.165, 1.54) is 0 Å². The van der Waals surface area contributed by atoms with Gasteiger partial charge in [0, 0.05) is 44.7 Å². The van der Waals surface area contributed by atoms with Crippen LogP contribution in [0.2, 0.25) is 0 Å². The number of carboxylic acid groups (broad SMARTS) is 1. The highest BCUT2D eigenvalue weighted by Crippen LogP contribution is 2.40. The Labute approximate surface area is 153 Å². The number of methoxy groups -OCH3 is 3. The lowest BCUT2D eigenvalue weighted by Crippen LogP contribution is -2.48. The van der Waals surface area contributed by atoms with Crippen molar-refractivity contribution in [1.29, 1.82) is 0 Å². The lowest BCUT2D eigenvalue weighted by Gasteiger charge is -2.35. The Morgan fingerprint density at radius 1 is 0.962 bits per heavy atom. The first kappa shape index (κ1) is 19.8. The van der Waals surface area contributed by atoms with Crippen LogP contribution in [-0.4, -0.2) is 74.3 Å². The molecule has 1 fully saturated rings. The Kier molecular flexibility index (Phi) is 7.08. The van der Waals surface area contributed by atoms with Crippen molar-refractivity contribution in [1.82, 2.24) is 9.80 Å². The molecule has 0 saturated carbocycles. The van der Waals surface area contributed by atoms with Crippen molar-refractivity contribution in [3.63, 3.8) is 0 Å². The summed E-state index contributed by atoms with van der Waals surface area (Å²) in [6, 6.07) is 3.80. The number of carbonyl (C=O) groups excluding carboxylic acids is 1. The van der Waals surface area contributed by atoms with Crippen molar-refractivity contribution >= 4 is 11.9 Å².